The van der Waals surface area contributed by atoms with Crippen LogP contribution in [-0.4, -0.2) is 36.8 Å². The summed E-state index contributed by atoms with van der Waals surface area (Å²) < 4.78 is 10.7. The average molecular weight is 389 g/mol. The van der Waals surface area contributed by atoms with Crippen LogP contribution in [0.1, 0.15) is 53.0 Å². The Kier molecular flexibility index (Phi) is 6.75. The van der Waals surface area contributed by atoms with Crippen LogP contribution in [0.3, 0.4) is 0 Å². The van der Waals surface area contributed by atoms with E-state index in [0.717, 1.165) is 29.7 Å². The normalized spacial score (nSPS) is 16.7. The second kappa shape index (κ2) is 8.67. The fourth-order valence-electron chi connectivity index (χ4n) is 3.14. The molecule has 1 unspecified atom stereocenters. The van der Waals surface area contributed by atoms with Crippen LogP contribution >= 0.6 is 0 Å². The van der Waals surface area contributed by atoms with E-state index < -0.39 is 17.2 Å². The Bertz CT molecular complexity index is 747. The second-order valence-electron chi connectivity index (χ2n) is 8.56. The zero-order chi connectivity index (χ0) is 20.9. The minimum atomic E-state index is -0.558. The fourth-order valence-corrected chi connectivity index (χ4v) is 3.14. The number of amides is 2. The van der Waals surface area contributed by atoms with Crippen molar-refractivity contribution >= 4 is 17.6 Å². The van der Waals surface area contributed by atoms with Gasteiger partial charge in [-0.25, -0.2) is 4.79 Å². The van der Waals surface area contributed by atoms with Crippen LogP contribution in [0.25, 0.3) is 5.57 Å². The predicted molar refractivity (Wildman–Crippen MR) is 110 cm³/mol. The molecule has 1 atom stereocenters. The lowest BCUT2D eigenvalue weighted by Gasteiger charge is -2.31. The average Bonchev–Trinajstić information content (AvgIpc) is 3.44. The van der Waals surface area contributed by atoms with Crippen molar-refractivity contribution in [1.29, 1.82) is 0 Å². The van der Waals surface area contributed by atoms with Gasteiger partial charge < -0.3 is 20.1 Å². The lowest BCUT2D eigenvalue weighted by molar-refractivity contribution is -0.118. The molecular formula is C22H32N2O4. The lowest BCUT2D eigenvalue weighted by Crippen LogP contribution is -2.55. The summed E-state index contributed by atoms with van der Waals surface area (Å²) in [6.45, 7) is 9.62. The molecule has 1 aromatic rings. The number of methoxy groups -OCH3 is 1. The molecule has 154 valence electrons. The highest BCUT2D eigenvalue weighted by Gasteiger charge is 2.42. The Hall–Kier alpha value is -2.50. The Morgan fingerprint density at radius 3 is 2.39 bits per heavy atom. The van der Waals surface area contributed by atoms with E-state index in [1.807, 2.05) is 58.9 Å². The maximum absolute atomic E-state index is 12.7. The quantitative estimate of drug-likeness (QED) is 0.695. The van der Waals surface area contributed by atoms with Crippen LogP contribution in [-0.2, 0) is 9.53 Å². The van der Waals surface area contributed by atoms with Gasteiger partial charge in [-0.3, -0.25) is 4.79 Å². The maximum Gasteiger partial charge on any atom is 0.407 e. The van der Waals surface area contributed by atoms with Crippen LogP contribution in [0.4, 0.5) is 4.79 Å². The van der Waals surface area contributed by atoms with Crippen molar-refractivity contribution in [3.63, 3.8) is 0 Å². The van der Waals surface area contributed by atoms with Gasteiger partial charge in [0.15, 0.2) is 0 Å². The lowest BCUT2D eigenvalue weighted by atomic mass is 9.95. The predicted octanol–water partition coefficient (Wildman–Crippen LogP) is 3.91. The molecular weight excluding hydrogens is 356 g/mol. The summed E-state index contributed by atoms with van der Waals surface area (Å²) in [5.41, 5.74) is 0.608. The van der Waals surface area contributed by atoms with Crippen molar-refractivity contribution in [1.82, 2.24) is 10.6 Å². The van der Waals surface area contributed by atoms with Crippen LogP contribution in [0.5, 0.6) is 5.75 Å². The molecule has 1 fully saturated rings. The van der Waals surface area contributed by atoms with Crippen molar-refractivity contribution < 1.29 is 19.1 Å². The summed E-state index contributed by atoms with van der Waals surface area (Å²) in [7, 11) is 1.61. The van der Waals surface area contributed by atoms with Crippen LogP contribution < -0.4 is 15.4 Å². The molecule has 0 heterocycles. The number of ether oxygens (including phenoxy) is 2. The van der Waals surface area contributed by atoms with Crippen LogP contribution in [0.15, 0.2) is 30.3 Å². The molecule has 0 radical (unpaired) electrons. The maximum atomic E-state index is 12.7. The molecule has 2 N–H and O–H groups in total. The molecule has 28 heavy (non-hydrogen) atoms. The number of carbonyl (C=O) groups is 2. The summed E-state index contributed by atoms with van der Waals surface area (Å²) >= 11 is 0. The Morgan fingerprint density at radius 2 is 1.82 bits per heavy atom. The van der Waals surface area contributed by atoms with Gasteiger partial charge in [0.1, 0.15) is 11.4 Å². The first-order valence-electron chi connectivity index (χ1n) is 9.65. The van der Waals surface area contributed by atoms with Crippen molar-refractivity contribution in [2.45, 2.75) is 58.6 Å². The SMILES string of the molecule is COc1ccccc1C(C)=CC(=O)NC(C)(CNC(=O)OC(C)(C)C)C1CC1. The number of alkyl carbamates (subject to hydrolysis) is 1. The van der Waals surface area contributed by atoms with E-state index in [-0.39, 0.29) is 5.91 Å². The van der Waals surface area contributed by atoms with E-state index in [0.29, 0.717) is 12.5 Å². The molecule has 1 aliphatic rings. The summed E-state index contributed by atoms with van der Waals surface area (Å²) in [5.74, 6) is 0.871. The minimum absolute atomic E-state index is 0.191. The first-order chi connectivity index (χ1) is 13.0. The standard InChI is InChI=1S/C22H32N2O4/c1-15(17-9-7-8-10-18(17)27-6)13-19(25)24-22(5,16-11-12-16)14-23-20(26)28-21(2,3)4/h7-10,13,16H,11-12,14H2,1-6H3,(H,23,26)(H,24,25). The molecule has 1 aliphatic carbocycles. The molecule has 0 aliphatic heterocycles. The Balaban J connectivity index is 2.04. The number of carbonyl (C=O) groups excluding carboxylic acids is 2. The molecule has 6 nitrogen and oxygen atoms in total. The van der Waals surface area contributed by atoms with Crippen molar-refractivity contribution in [2.24, 2.45) is 5.92 Å². The molecule has 6 heteroatoms. The smallest absolute Gasteiger partial charge is 0.407 e. The molecule has 1 saturated carbocycles. The van der Waals surface area contributed by atoms with Gasteiger partial charge in [0, 0.05) is 18.2 Å². The first kappa shape index (κ1) is 21.8. The third-order valence-electron chi connectivity index (χ3n) is 4.77. The summed E-state index contributed by atoms with van der Waals surface area (Å²) in [4.78, 5) is 24.7. The zero-order valence-electron chi connectivity index (χ0n) is 17.7. The van der Waals surface area contributed by atoms with E-state index in [4.69, 9.17) is 9.47 Å². The zero-order valence-corrected chi connectivity index (χ0v) is 17.7. The number of benzene rings is 1. The van der Waals surface area contributed by atoms with E-state index >= 15 is 0 Å². The fraction of sp³-hybridized carbons (Fsp3) is 0.545. The van der Waals surface area contributed by atoms with Crippen molar-refractivity contribution in [3.05, 3.63) is 35.9 Å². The number of allylic oxidation sites excluding steroid dienone is 1. The number of nitrogens with one attached hydrogen (secondary N) is 2. The number of para-hydroxylation sites is 1. The summed E-state index contributed by atoms with van der Waals surface area (Å²) in [5, 5.41) is 5.88. The van der Waals surface area contributed by atoms with Crippen molar-refractivity contribution in [2.75, 3.05) is 13.7 Å². The van der Waals surface area contributed by atoms with Gasteiger partial charge in [-0.2, -0.15) is 0 Å². The molecule has 0 spiro atoms. The largest absolute Gasteiger partial charge is 0.496 e. The third-order valence-corrected chi connectivity index (χ3v) is 4.77. The van der Waals surface area contributed by atoms with E-state index in [1.54, 1.807) is 13.2 Å². The van der Waals surface area contributed by atoms with Gasteiger partial charge in [0.05, 0.1) is 12.6 Å². The Labute approximate surface area is 167 Å². The molecule has 2 amide bonds. The molecule has 0 aromatic heterocycles. The first-order valence-corrected chi connectivity index (χ1v) is 9.65. The van der Waals surface area contributed by atoms with Gasteiger partial charge in [0.25, 0.3) is 0 Å². The highest BCUT2D eigenvalue weighted by Crippen LogP contribution is 2.39. The minimum Gasteiger partial charge on any atom is -0.496 e. The highest BCUT2D eigenvalue weighted by atomic mass is 16.6. The van der Waals surface area contributed by atoms with Gasteiger partial charge >= 0.3 is 6.09 Å². The third kappa shape index (κ3) is 6.29. The molecule has 1 aromatic carbocycles. The van der Waals surface area contributed by atoms with E-state index in [2.05, 4.69) is 10.6 Å². The summed E-state index contributed by atoms with van der Waals surface area (Å²) in [6.07, 6.45) is 3.16. The van der Waals surface area contributed by atoms with Crippen LogP contribution in [0.2, 0.25) is 0 Å². The van der Waals surface area contributed by atoms with Crippen molar-refractivity contribution in [3.8, 4) is 5.75 Å². The van der Waals surface area contributed by atoms with Gasteiger partial charge in [-0.1, -0.05) is 18.2 Å². The highest BCUT2D eigenvalue weighted by molar-refractivity contribution is 5.96. The topological polar surface area (TPSA) is 76.7 Å². The van der Waals surface area contributed by atoms with Gasteiger partial charge in [0.2, 0.25) is 5.91 Å². The number of hydrogen-bond donors (Lipinski definition) is 2. The van der Waals surface area contributed by atoms with Crippen LogP contribution in [0, 0.1) is 5.92 Å². The Morgan fingerprint density at radius 1 is 1.18 bits per heavy atom. The van der Waals surface area contributed by atoms with E-state index in [9.17, 15) is 9.59 Å². The molecule has 0 saturated heterocycles. The number of rotatable bonds is 7. The second-order valence-corrected chi connectivity index (χ2v) is 8.56. The van der Waals surface area contributed by atoms with E-state index in [1.165, 1.54) is 0 Å². The molecule has 2 rings (SSSR count). The number of hydrogen-bond acceptors (Lipinski definition) is 4. The summed E-state index contributed by atoms with van der Waals surface area (Å²) in [6, 6.07) is 7.58. The molecule has 0 bridgehead atoms. The van der Waals surface area contributed by atoms with Gasteiger partial charge in [-0.05, 0) is 65.0 Å². The van der Waals surface area contributed by atoms with Gasteiger partial charge in [-0.15, -0.1) is 0 Å². The monoisotopic (exact) mass is 388 g/mol.